The summed E-state index contributed by atoms with van der Waals surface area (Å²) in [5.74, 6) is 0. The lowest BCUT2D eigenvalue weighted by atomic mass is 9.96. The van der Waals surface area contributed by atoms with E-state index in [0.717, 1.165) is 38.5 Å². The van der Waals surface area contributed by atoms with E-state index in [-0.39, 0.29) is 18.8 Å². The van der Waals surface area contributed by atoms with Crippen molar-refractivity contribution in [1.82, 2.24) is 0 Å². The van der Waals surface area contributed by atoms with Crippen molar-refractivity contribution in [3.8, 4) is 0 Å². The molecular formula is C19H37FO4. The SMILES string of the molecule is CCCCOCC1OC(C)C(OCCCC)C(OCCCC)C1F. The van der Waals surface area contributed by atoms with E-state index in [0.29, 0.717) is 19.8 Å². The minimum atomic E-state index is -1.22. The van der Waals surface area contributed by atoms with Crippen molar-refractivity contribution in [1.29, 1.82) is 0 Å². The summed E-state index contributed by atoms with van der Waals surface area (Å²) in [6.07, 6.45) is 3.11. The summed E-state index contributed by atoms with van der Waals surface area (Å²) in [5, 5.41) is 0. The Hall–Kier alpha value is -0.230. The summed E-state index contributed by atoms with van der Waals surface area (Å²) in [6, 6.07) is 0. The van der Waals surface area contributed by atoms with Crippen LogP contribution in [0.25, 0.3) is 0 Å². The zero-order valence-electron chi connectivity index (χ0n) is 16.0. The van der Waals surface area contributed by atoms with Gasteiger partial charge in [-0.25, -0.2) is 4.39 Å². The van der Waals surface area contributed by atoms with Gasteiger partial charge in [0.1, 0.15) is 18.3 Å². The molecule has 0 aliphatic carbocycles. The van der Waals surface area contributed by atoms with Gasteiger partial charge in [0.25, 0.3) is 0 Å². The normalized spacial score (nSPS) is 30.6. The van der Waals surface area contributed by atoms with Crippen molar-refractivity contribution >= 4 is 0 Å². The third-order valence-electron chi connectivity index (χ3n) is 4.39. The number of unbranched alkanes of at least 4 members (excludes halogenated alkanes) is 3. The maximum Gasteiger partial charge on any atom is 0.157 e. The van der Waals surface area contributed by atoms with Crippen molar-refractivity contribution in [3.05, 3.63) is 0 Å². The first-order chi connectivity index (χ1) is 11.7. The van der Waals surface area contributed by atoms with E-state index in [1.165, 1.54) is 0 Å². The highest BCUT2D eigenvalue weighted by molar-refractivity contribution is 4.93. The predicted octanol–water partition coefficient (Wildman–Crippen LogP) is 4.30. The molecule has 0 amide bonds. The molecule has 0 spiro atoms. The number of hydrogen-bond acceptors (Lipinski definition) is 4. The van der Waals surface area contributed by atoms with Gasteiger partial charge in [-0.15, -0.1) is 0 Å². The number of rotatable bonds is 13. The van der Waals surface area contributed by atoms with Gasteiger partial charge in [-0.05, 0) is 26.2 Å². The average Bonchev–Trinajstić information content (AvgIpc) is 2.57. The summed E-state index contributed by atoms with van der Waals surface area (Å²) in [4.78, 5) is 0. The second-order valence-electron chi connectivity index (χ2n) is 6.63. The first-order valence-corrected chi connectivity index (χ1v) is 9.76. The Morgan fingerprint density at radius 1 is 0.833 bits per heavy atom. The molecule has 0 aromatic carbocycles. The van der Waals surface area contributed by atoms with Gasteiger partial charge < -0.3 is 18.9 Å². The molecular weight excluding hydrogens is 311 g/mol. The minimum Gasteiger partial charge on any atom is -0.379 e. The van der Waals surface area contributed by atoms with E-state index in [2.05, 4.69) is 20.8 Å². The smallest absolute Gasteiger partial charge is 0.157 e. The second kappa shape index (κ2) is 13.0. The first-order valence-electron chi connectivity index (χ1n) is 9.76. The number of alkyl halides is 1. The quantitative estimate of drug-likeness (QED) is 0.465. The van der Waals surface area contributed by atoms with Crippen LogP contribution >= 0.6 is 0 Å². The highest BCUT2D eigenvalue weighted by Gasteiger charge is 2.46. The molecule has 0 saturated carbocycles. The number of hydrogen-bond donors (Lipinski definition) is 0. The maximum atomic E-state index is 15.0. The molecule has 0 bridgehead atoms. The number of ether oxygens (including phenoxy) is 4. The minimum absolute atomic E-state index is 0.194. The Morgan fingerprint density at radius 2 is 1.38 bits per heavy atom. The lowest BCUT2D eigenvalue weighted by molar-refractivity contribution is -0.236. The Balaban J connectivity index is 2.61. The standard InChI is InChI=1S/C19H37FO4/c1-5-8-11-21-14-16-17(20)19(23-13-10-7-3)18(15(4)24-16)22-12-9-6-2/h15-19H,5-14H2,1-4H3. The highest BCUT2D eigenvalue weighted by atomic mass is 19.1. The van der Waals surface area contributed by atoms with Crippen LogP contribution < -0.4 is 0 Å². The molecule has 1 rings (SSSR count). The van der Waals surface area contributed by atoms with Crippen LogP contribution in [0.1, 0.15) is 66.2 Å². The molecule has 5 unspecified atom stereocenters. The van der Waals surface area contributed by atoms with E-state index in [1.54, 1.807) is 0 Å². The first kappa shape index (κ1) is 21.8. The van der Waals surface area contributed by atoms with Gasteiger partial charge in [-0.2, -0.15) is 0 Å². The van der Waals surface area contributed by atoms with Crippen molar-refractivity contribution < 1.29 is 23.3 Å². The molecule has 24 heavy (non-hydrogen) atoms. The predicted molar refractivity (Wildman–Crippen MR) is 94.3 cm³/mol. The third kappa shape index (κ3) is 7.34. The molecule has 0 aromatic rings. The van der Waals surface area contributed by atoms with Crippen molar-refractivity contribution in [2.45, 2.75) is 96.8 Å². The summed E-state index contributed by atoms with van der Waals surface area (Å²) >= 11 is 0. The van der Waals surface area contributed by atoms with Gasteiger partial charge in [-0.1, -0.05) is 40.0 Å². The van der Waals surface area contributed by atoms with E-state index in [9.17, 15) is 4.39 Å². The Kier molecular flexibility index (Phi) is 11.8. The molecule has 1 heterocycles. The fourth-order valence-electron chi connectivity index (χ4n) is 2.81. The molecule has 5 atom stereocenters. The topological polar surface area (TPSA) is 36.9 Å². The van der Waals surface area contributed by atoms with Gasteiger partial charge in [0.2, 0.25) is 0 Å². The molecule has 1 aliphatic heterocycles. The lowest BCUT2D eigenvalue weighted by Crippen LogP contribution is -2.58. The molecule has 1 saturated heterocycles. The van der Waals surface area contributed by atoms with Gasteiger partial charge in [0, 0.05) is 19.8 Å². The van der Waals surface area contributed by atoms with E-state index in [1.807, 2.05) is 6.92 Å². The van der Waals surface area contributed by atoms with Gasteiger partial charge in [-0.3, -0.25) is 0 Å². The third-order valence-corrected chi connectivity index (χ3v) is 4.39. The van der Waals surface area contributed by atoms with Crippen molar-refractivity contribution in [3.63, 3.8) is 0 Å². The van der Waals surface area contributed by atoms with E-state index >= 15 is 0 Å². The summed E-state index contributed by atoms with van der Waals surface area (Å²) in [7, 11) is 0. The maximum absolute atomic E-state index is 15.0. The molecule has 0 aromatic heterocycles. The van der Waals surface area contributed by atoms with Crippen molar-refractivity contribution in [2.75, 3.05) is 26.4 Å². The van der Waals surface area contributed by atoms with Crippen LogP contribution in [0.2, 0.25) is 0 Å². The summed E-state index contributed by atoms with van der Waals surface area (Å²) in [5.41, 5.74) is 0. The number of halogens is 1. The van der Waals surface area contributed by atoms with Crippen molar-refractivity contribution in [2.24, 2.45) is 0 Å². The summed E-state index contributed by atoms with van der Waals surface area (Å²) < 4.78 is 38.2. The monoisotopic (exact) mass is 348 g/mol. The van der Waals surface area contributed by atoms with Crippen LogP contribution in [-0.2, 0) is 18.9 Å². The fourth-order valence-corrected chi connectivity index (χ4v) is 2.81. The summed E-state index contributed by atoms with van der Waals surface area (Å²) in [6.45, 7) is 10.4. The molecule has 144 valence electrons. The van der Waals surface area contributed by atoms with Crippen LogP contribution in [0.5, 0.6) is 0 Å². The zero-order chi connectivity index (χ0) is 17.8. The molecule has 1 aliphatic rings. The molecule has 0 N–H and O–H groups in total. The fraction of sp³-hybridized carbons (Fsp3) is 1.00. The Bertz CT molecular complexity index is 303. The van der Waals surface area contributed by atoms with Crippen LogP contribution in [-0.4, -0.2) is 57.0 Å². The highest BCUT2D eigenvalue weighted by Crippen LogP contribution is 2.28. The zero-order valence-corrected chi connectivity index (χ0v) is 16.0. The second-order valence-corrected chi connectivity index (χ2v) is 6.63. The molecule has 0 radical (unpaired) electrons. The van der Waals surface area contributed by atoms with Crippen LogP contribution in [0, 0.1) is 0 Å². The van der Waals surface area contributed by atoms with Crippen LogP contribution in [0.4, 0.5) is 4.39 Å². The Morgan fingerprint density at radius 3 is 1.96 bits per heavy atom. The molecule has 1 fully saturated rings. The van der Waals surface area contributed by atoms with E-state index < -0.39 is 18.4 Å². The van der Waals surface area contributed by atoms with Gasteiger partial charge >= 0.3 is 0 Å². The lowest BCUT2D eigenvalue weighted by Gasteiger charge is -2.42. The van der Waals surface area contributed by atoms with Crippen LogP contribution in [0.15, 0.2) is 0 Å². The molecule has 5 heteroatoms. The van der Waals surface area contributed by atoms with E-state index in [4.69, 9.17) is 18.9 Å². The largest absolute Gasteiger partial charge is 0.379 e. The van der Waals surface area contributed by atoms with Gasteiger partial charge in [0.05, 0.1) is 12.7 Å². The van der Waals surface area contributed by atoms with Crippen LogP contribution in [0.3, 0.4) is 0 Å². The average molecular weight is 348 g/mol. The molecule has 4 nitrogen and oxygen atoms in total. The Labute approximate surface area is 147 Å². The van der Waals surface area contributed by atoms with Gasteiger partial charge in [0.15, 0.2) is 6.17 Å².